The Hall–Kier alpha value is -1.55. The quantitative estimate of drug-likeness (QED) is 0.786. The standard InChI is InChI=1S/C12H11ClFN3/c1-2-3-9-11(16-7-17-12(9)13)8-4-5-15-6-10(8)14/h4-7H,2-3H2,1H3. The molecule has 0 spiro atoms. The molecule has 0 N–H and O–H groups in total. The molecule has 0 aliphatic heterocycles. The SMILES string of the molecule is CCCc1c(Cl)ncnc1-c1ccncc1F. The zero-order chi connectivity index (χ0) is 12.3. The van der Waals surface area contributed by atoms with Crippen molar-refractivity contribution in [3.05, 3.63) is 41.3 Å². The molecule has 0 atom stereocenters. The number of rotatable bonds is 3. The monoisotopic (exact) mass is 251 g/mol. The van der Waals surface area contributed by atoms with E-state index in [1.807, 2.05) is 6.92 Å². The van der Waals surface area contributed by atoms with Gasteiger partial charge in [-0.2, -0.15) is 0 Å². The van der Waals surface area contributed by atoms with Gasteiger partial charge in [0.15, 0.2) is 5.82 Å². The highest BCUT2D eigenvalue weighted by Gasteiger charge is 2.14. The highest BCUT2D eigenvalue weighted by atomic mass is 35.5. The molecule has 2 heterocycles. The maximum atomic E-state index is 13.7. The number of aromatic nitrogens is 3. The lowest BCUT2D eigenvalue weighted by atomic mass is 10.0. The van der Waals surface area contributed by atoms with E-state index in [2.05, 4.69) is 15.0 Å². The van der Waals surface area contributed by atoms with Gasteiger partial charge in [-0.05, 0) is 12.5 Å². The van der Waals surface area contributed by atoms with Gasteiger partial charge in [-0.1, -0.05) is 24.9 Å². The first-order chi connectivity index (χ1) is 8.24. The van der Waals surface area contributed by atoms with E-state index in [0.717, 1.165) is 18.4 Å². The molecule has 2 aromatic heterocycles. The molecule has 2 rings (SSSR count). The summed E-state index contributed by atoms with van der Waals surface area (Å²) in [5.41, 5.74) is 1.74. The van der Waals surface area contributed by atoms with Crippen LogP contribution in [0.3, 0.4) is 0 Å². The predicted molar refractivity (Wildman–Crippen MR) is 64.2 cm³/mol. The van der Waals surface area contributed by atoms with Crippen molar-refractivity contribution in [1.82, 2.24) is 15.0 Å². The third-order valence-corrected chi connectivity index (χ3v) is 2.75. The molecule has 0 amide bonds. The van der Waals surface area contributed by atoms with Crippen molar-refractivity contribution >= 4 is 11.6 Å². The largest absolute Gasteiger partial charge is 0.262 e. The first-order valence-electron chi connectivity index (χ1n) is 5.33. The molecule has 0 aliphatic rings. The van der Waals surface area contributed by atoms with Crippen molar-refractivity contribution in [2.75, 3.05) is 0 Å². The molecule has 88 valence electrons. The van der Waals surface area contributed by atoms with E-state index >= 15 is 0 Å². The first-order valence-corrected chi connectivity index (χ1v) is 5.71. The summed E-state index contributed by atoms with van der Waals surface area (Å²) >= 11 is 6.02. The molecular weight excluding hydrogens is 241 g/mol. The molecule has 0 fully saturated rings. The van der Waals surface area contributed by atoms with Crippen LogP contribution in [0.2, 0.25) is 5.15 Å². The highest BCUT2D eigenvalue weighted by molar-refractivity contribution is 6.30. The average Bonchev–Trinajstić information content (AvgIpc) is 2.33. The third-order valence-electron chi connectivity index (χ3n) is 2.42. The highest BCUT2D eigenvalue weighted by Crippen LogP contribution is 2.27. The van der Waals surface area contributed by atoms with Crippen LogP contribution < -0.4 is 0 Å². The Kier molecular flexibility index (Phi) is 3.64. The summed E-state index contributed by atoms with van der Waals surface area (Å²) in [5.74, 6) is -0.403. The summed E-state index contributed by atoms with van der Waals surface area (Å²) in [4.78, 5) is 11.8. The van der Waals surface area contributed by atoms with Crippen molar-refractivity contribution in [2.45, 2.75) is 19.8 Å². The topological polar surface area (TPSA) is 38.7 Å². The molecule has 5 heteroatoms. The minimum absolute atomic E-state index is 0.382. The van der Waals surface area contributed by atoms with Gasteiger partial charge in [0.25, 0.3) is 0 Å². The van der Waals surface area contributed by atoms with Crippen LogP contribution in [-0.4, -0.2) is 15.0 Å². The Balaban J connectivity index is 2.59. The van der Waals surface area contributed by atoms with Crippen molar-refractivity contribution in [3.8, 4) is 11.3 Å². The van der Waals surface area contributed by atoms with Gasteiger partial charge in [-0.25, -0.2) is 14.4 Å². The van der Waals surface area contributed by atoms with Crippen molar-refractivity contribution < 1.29 is 4.39 Å². The van der Waals surface area contributed by atoms with Gasteiger partial charge >= 0.3 is 0 Å². The Bertz CT molecular complexity index is 531. The minimum Gasteiger partial charge on any atom is -0.262 e. The molecule has 0 aliphatic carbocycles. The molecule has 2 aromatic rings. The molecule has 0 unspecified atom stereocenters. The second-order valence-electron chi connectivity index (χ2n) is 3.60. The molecular formula is C12H11ClFN3. The molecule has 0 saturated carbocycles. The maximum absolute atomic E-state index is 13.7. The Morgan fingerprint density at radius 3 is 2.88 bits per heavy atom. The van der Waals surface area contributed by atoms with Crippen LogP contribution in [0.1, 0.15) is 18.9 Å². The summed E-state index contributed by atoms with van der Waals surface area (Å²) in [6.45, 7) is 2.02. The van der Waals surface area contributed by atoms with E-state index in [4.69, 9.17) is 11.6 Å². The van der Waals surface area contributed by atoms with Gasteiger partial charge in [-0.3, -0.25) is 4.98 Å². The van der Waals surface area contributed by atoms with Gasteiger partial charge in [-0.15, -0.1) is 0 Å². The fourth-order valence-electron chi connectivity index (χ4n) is 1.66. The normalized spacial score (nSPS) is 10.5. The molecule has 17 heavy (non-hydrogen) atoms. The summed E-state index contributed by atoms with van der Waals surface area (Å²) < 4.78 is 13.7. The van der Waals surface area contributed by atoms with Crippen LogP contribution in [-0.2, 0) is 6.42 Å². The summed E-state index contributed by atoms with van der Waals surface area (Å²) in [7, 11) is 0. The molecule has 0 aromatic carbocycles. The summed E-state index contributed by atoms with van der Waals surface area (Å²) in [5, 5.41) is 0.382. The Morgan fingerprint density at radius 1 is 1.35 bits per heavy atom. The minimum atomic E-state index is -0.403. The smallest absolute Gasteiger partial charge is 0.150 e. The molecule has 0 bridgehead atoms. The predicted octanol–water partition coefficient (Wildman–Crippen LogP) is 3.28. The van der Waals surface area contributed by atoms with E-state index in [1.54, 1.807) is 6.07 Å². The van der Waals surface area contributed by atoms with Crippen LogP contribution >= 0.6 is 11.6 Å². The van der Waals surface area contributed by atoms with Crippen LogP contribution in [0.4, 0.5) is 4.39 Å². The lowest BCUT2D eigenvalue weighted by Gasteiger charge is -2.09. The van der Waals surface area contributed by atoms with Gasteiger partial charge in [0.2, 0.25) is 0 Å². The van der Waals surface area contributed by atoms with E-state index in [1.165, 1.54) is 18.7 Å². The number of hydrogen-bond acceptors (Lipinski definition) is 3. The van der Waals surface area contributed by atoms with E-state index in [9.17, 15) is 4.39 Å². The fraction of sp³-hybridized carbons (Fsp3) is 0.250. The van der Waals surface area contributed by atoms with Gasteiger partial charge in [0.05, 0.1) is 11.9 Å². The average molecular weight is 252 g/mol. The number of halogens is 2. The zero-order valence-corrected chi connectivity index (χ0v) is 10.1. The molecule has 0 saturated heterocycles. The second-order valence-corrected chi connectivity index (χ2v) is 3.96. The number of hydrogen-bond donors (Lipinski definition) is 0. The molecule has 0 radical (unpaired) electrons. The Labute approximate surface area is 104 Å². The van der Waals surface area contributed by atoms with Crippen LogP contribution in [0.15, 0.2) is 24.8 Å². The van der Waals surface area contributed by atoms with Gasteiger partial charge in [0, 0.05) is 17.3 Å². The lowest BCUT2D eigenvalue weighted by molar-refractivity contribution is 0.624. The maximum Gasteiger partial charge on any atom is 0.150 e. The molecule has 3 nitrogen and oxygen atoms in total. The lowest BCUT2D eigenvalue weighted by Crippen LogP contribution is -1.98. The number of nitrogens with zero attached hydrogens (tertiary/aromatic N) is 3. The van der Waals surface area contributed by atoms with Crippen LogP contribution in [0.5, 0.6) is 0 Å². The summed E-state index contributed by atoms with van der Waals surface area (Å²) in [6, 6.07) is 1.59. The second kappa shape index (κ2) is 5.19. The van der Waals surface area contributed by atoms with E-state index in [-0.39, 0.29) is 0 Å². The number of pyridine rings is 1. The van der Waals surface area contributed by atoms with E-state index in [0.29, 0.717) is 16.4 Å². The van der Waals surface area contributed by atoms with Crippen LogP contribution in [0.25, 0.3) is 11.3 Å². The first kappa shape index (κ1) is 11.9. The van der Waals surface area contributed by atoms with Crippen LogP contribution in [0, 0.1) is 5.82 Å². The van der Waals surface area contributed by atoms with Crippen molar-refractivity contribution in [3.63, 3.8) is 0 Å². The summed E-state index contributed by atoms with van der Waals surface area (Å²) in [6.07, 6.45) is 5.66. The zero-order valence-electron chi connectivity index (χ0n) is 9.32. The third kappa shape index (κ3) is 2.42. The van der Waals surface area contributed by atoms with E-state index < -0.39 is 5.82 Å². The van der Waals surface area contributed by atoms with Gasteiger partial charge < -0.3 is 0 Å². The van der Waals surface area contributed by atoms with Crippen molar-refractivity contribution in [2.24, 2.45) is 0 Å². The fourth-order valence-corrected chi connectivity index (χ4v) is 1.89. The van der Waals surface area contributed by atoms with Crippen molar-refractivity contribution in [1.29, 1.82) is 0 Å². The Morgan fingerprint density at radius 2 is 2.18 bits per heavy atom. The van der Waals surface area contributed by atoms with Gasteiger partial charge in [0.1, 0.15) is 11.5 Å².